The average molecular weight is 385 g/mol. The second kappa shape index (κ2) is 7.45. The Bertz CT molecular complexity index is 770. The van der Waals surface area contributed by atoms with E-state index < -0.39 is 11.6 Å². The molecule has 1 atom stereocenters. The Kier molecular flexibility index (Phi) is 5.00. The van der Waals surface area contributed by atoms with Crippen molar-refractivity contribution in [3.63, 3.8) is 0 Å². The highest BCUT2D eigenvalue weighted by Crippen LogP contribution is 2.35. The lowest BCUT2D eigenvalue weighted by Crippen LogP contribution is -2.47. The molecule has 2 heterocycles. The molecule has 7 heteroatoms. The third-order valence-electron chi connectivity index (χ3n) is 6.32. The highest BCUT2D eigenvalue weighted by atomic mass is 16.5. The van der Waals surface area contributed by atoms with Crippen LogP contribution in [0.1, 0.15) is 44.1 Å². The van der Waals surface area contributed by atoms with E-state index in [9.17, 15) is 14.4 Å². The Morgan fingerprint density at radius 2 is 1.89 bits per heavy atom. The van der Waals surface area contributed by atoms with Gasteiger partial charge in [-0.15, -0.1) is 0 Å². The lowest BCUT2D eigenvalue weighted by atomic mass is 9.98. The predicted octanol–water partition coefficient (Wildman–Crippen LogP) is 2.09. The number of nitrogens with one attached hydrogen (secondary N) is 1. The first-order valence-electron chi connectivity index (χ1n) is 10.1. The molecule has 3 fully saturated rings. The largest absolute Gasteiger partial charge is 0.497 e. The van der Waals surface area contributed by atoms with Gasteiger partial charge in [0.25, 0.3) is 5.91 Å². The molecule has 0 radical (unpaired) electrons. The van der Waals surface area contributed by atoms with Crippen LogP contribution in [0.25, 0.3) is 0 Å². The molecule has 3 aliphatic rings. The number of amides is 4. The average Bonchev–Trinajstić information content (AvgIpc) is 3.40. The van der Waals surface area contributed by atoms with Crippen molar-refractivity contribution in [2.24, 2.45) is 0 Å². The highest BCUT2D eigenvalue weighted by molar-refractivity contribution is 6.09. The molecule has 1 N–H and O–H groups in total. The maximum Gasteiger partial charge on any atom is 0.325 e. The van der Waals surface area contributed by atoms with Gasteiger partial charge in [0.1, 0.15) is 17.8 Å². The molecule has 2 saturated heterocycles. The van der Waals surface area contributed by atoms with Crippen LogP contribution < -0.4 is 10.1 Å². The van der Waals surface area contributed by atoms with E-state index in [0.717, 1.165) is 48.3 Å². The van der Waals surface area contributed by atoms with Gasteiger partial charge in [-0.2, -0.15) is 0 Å². The van der Waals surface area contributed by atoms with Crippen molar-refractivity contribution in [2.45, 2.75) is 56.5 Å². The van der Waals surface area contributed by atoms with Crippen LogP contribution in [-0.2, 0) is 16.0 Å². The summed E-state index contributed by atoms with van der Waals surface area (Å²) in [5.41, 5.74) is 0.385. The fourth-order valence-electron chi connectivity index (χ4n) is 4.77. The van der Waals surface area contributed by atoms with Gasteiger partial charge in [-0.25, -0.2) is 4.79 Å². The van der Waals surface area contributed by atoms with Crippen LogP contribution in [0.3, 0.4) is 0 Å². The van der Waals surface area contributed by atoms with Crippen molar-refractivity contribution in [2.75, 3.05) is 20.2 Å². The molecule has 4 amide bonds. The summed E-state index contributed by atoms with van der Waals surface area (Å²) in [6.45, 7) is 0.514. The number of nitrogens with zero attached hydrogens (tertiary/aromatic N) is 2. The van der Waals surface area contributed by atoms with Gasteiger partial charge in [0, 0.05) is 12.6 Å². The molecule has 1 saturated carbocycles. The van der Waals surface area contributed by atoms with E-state index in [-0.39, 0.29) is 24.4 Å². The van der Waals surface area contributed by atoms with Gasteiger partial charge >= 0.3 is 6.03 Å². The monoisotopic (exact) mass is 385 g/mol. The van der Waals surface area contributed by atoms with Gasteiger partial charge in [-0.05, 0) is 49.8 Å². The van der Waals surface area contributed by atoms with Crippen LogP contribution in [0.4, 0.5) is 4.79 Å². The lowest BCUT2D eigenvalue weighted by molar-refractivity contribution is -0.139. The lowest BCUT2D eigenvalue weighted by Gasteiger charge is -2.27. The summed E-state index contributed by atoms with van der Waals surface area (Å²) in [7, 11) is 1.64. The van der Waals surface area contributed by atoms with Crippen molar-refractivity contribution in [1.82, 2.24) is 15.1 Å². The van der Waals surface area contributed by atoms with E-state index in [0.29, 0.717) is 19.4 Å². The van der Waals surface area contributed by atoms with Crippen molar-refractivity contribution in [3.8, 4) is 5.75 Å². The van der Waals surface area contributed by atoms with Crippen molar-refractivity contribution < 1.29 is 19.1 Å². The number of likely N-dealkylation sites (tertiary alicyclic amines) is 1. The summed E-state index contributed by atoms with van der Waals surface area (Å²) >= 11 is 0. The van der Waals surface area contributed by atoms with Crippen molar-refractivity contribution >= 4 is 17.8 Å². The van der Waals surface area contributed by atoms with Crippen LogP contribution in [0, 0.1) is 0 Å². The molecule has 0 bridgehead atoms. The number of carbonyl (C=O) groups is 3. The minimum Gasteiger partial charge on any atom is -0.497 e. The molecule has 28 heavy (non-hydrogen) atoms. The van der Waals surface area contributed by atoms with E-state index >= 15 is 0 Å². The third kappa shape index (κ3) is 3.34. The predicted molar refractivity (Wildman–Crippen MR) is 103 cm³/mol. The minimum absolute atomic E-state index is 0.0992. The van der Waals surface area contributed by atoms with Gasteiger partial charge in [0.2, 0.25) is 5.91 Å². The SMILES string of the molecule is COc1ccc(C[C@@H]2CCCN2C(=O)CN2C(=O)NC3(CCCC3)C2=O)cc1. The Morgan fingerprint density at radius 3 is 2.57 bits per heavy atom. The topological polar surface area (TPSA) is 79.0 Å². The summed E-state index contributed by atoms with van der Waals surface area (Å²) in [5.74, 6) is 0.436. The molecule has 0 unspecified atom stereocenters. The maximum absolute atomic E-state index is 12.9. The highest BCUT2D eigenvalue weighted by Gasteiger charge is 2.53. The number of methoxy groups -OCH3 is 1. The number of rotatable bonds is 5. The summed E-state index contributed by atoms with van der Waals surface area (Å²) in [6, 6.07) is 7.55. The fourth-order valence-corrected chi connectivity index (χ4v) is 4.77. The molecule has 1 aromatic rings. The minimum atomic E-state index is -0.759. The second-order valence-corrected chi connectivity index (χ2v) is 8.05. The van der Waals surface area contributed by atoms with Gasteiger partial charge in [0.15, 0.2) is 0 Å². The van der Waals surface area contributed by atoms with E-state index in [4.69, 9.17) is 4.74 Å². The summed E-state index contributed by atoms with van der Waals surface area (Å²) in [5, 5.41) is 2.84. The normalized spacial score (nSPS) is 23.5. The fraction of sp³-hybridized carbons (Fsp3) is 0.571. The number of hydrogen-bond acceptors (Lipinski definition) is 4. The second-order valence-electron chi connectivity index (χ2n) is 8.05. The van der Waals surface area contributed by atoms with Crippen LogP contribution in [0.5, 0.6) is 5.75 Å². The zero-order valence-corrected chi connectivity index (χ0v) is 16.3. The molecular formula is C21H27N3O4. The number of imide groups is 1. The van der Waals surface area contributed by atoms with Crippen LogP contribution >= 0.6 is 0 Å². The first-order valence-corrected chi connectivity index (χ1v) is 10.1. The van der Waals surface area contributed by atoms with Gasteiger partial charge < -0.3 is 15.0 Å². The molecular weight excluding hydrogens is 358 g/mol. The first kappa shape index (κ1) is 18.8. The smallest absolute Gasteiger partial charge is 0.325 e. The molecule has 7 nitrogen and oxygen atoms in total. The van der Waals surface area contributed by atoms with E-state index in [1.54, 1.807) is 7.11 Å². The molecule has 150 valence electrons. The summed E-state index contributed by atoms with van der Waals surface area (Å²) in [4.78, 5) is 41.0. The Labute approximate surface area is 165 Å². The number of benzene rings is 1. The summed E-state index contributed by atoms with van der Waals surface area (Å²) in [6.07, 6.45) is 5.85. The molecule has 4 rings (SSSR count). The quantitative estimate of drug-likeness (QED) is 0.788. The van der Waals surface area contributed by atoms with Gasteiger partial charge in [-0.3, -0.25) is 14.5 Å². The van der Waals surface area contributed by atoms with Gasteiger partial charge in [0.05, 0.1) is 7.11 Å². The number of carbonyl (C=O) groups excluding carboxylic acids is 3. The third-order valence-corrected chi connectivity index (χ3v) is 6.32. The Hall–Kier alpha value is -2.57. The zero-order chi connectivity index (χ0) is 19.7. The van der Waals surface area contributed by atoms with E-state index in [1.807, 2.05) is 29.2 Å². The molecule has 1 aromatic carbocycles. The summed E-state index contributed by atoms with van der Waals surface area (Å²) < 4.78 is 5.19. The van der Waals surface area contributed by atoms with E-state index in [2.05, 4.69) is 5.32 Å². The standard InChI is InChI=1S/C21H27N3O4/c1-28-17-8-6-15(7-9-17)13-16-5-4-12-23(16)18(25)14-24-19(26)21(22-20(24)27)10-2-3-11-21/h6-9,16H,2-5,10-14H2,1H3,(H,22,27)/t16-/m0/s1. The van der Waals surface area contributed by atoms with Crippen LogP contribution in [-0.4, -0.2) is 59.4 Å². The van der Waals surface area contributed by atoms with Crippen LogP contribution in [0.2, 0.25) is 0 Å². The molecule has 2 aliphatic heterocycles. The van der Waals surface area contributed by atoms with Crippen LogP contribution in [0.15, 0.2) is 24.3 Å². The Balaban J connectivity index is 1.40. The van der Waals surface area contributed by atoms with Crippen molar-refractivity contribution in [3.05, 3.63) is 29.8 Å². The van der Waals surface area contributed by atoms with Gasteiger partial charge in [-0.1, -0.05) is 25.0 Å². The number of ether oxygens (including phenoxy) is 1. The number of hydrogen-bond donors (Lipinski definition) is 1. The molecule has 1 spiro atoms. The van der Waals surface area contributed by atoms with Crippen molar-refractivity contribution in [1.29, 1.82) is 0 Å². The maximum atomic E-state index is 12.9. The first-order chi connectivity index (χ1) is 13.5. The molecule has 0 aromatic heterocycles. The van der Waals surface area contributed by atoms with E-state index in [1.165, 1.54) is 0 Å². The zero-order valence-electron chi connectivity index (χ0n) is 16.3. The molecule has 1 aliphatic carbocycles. The Morgan fingerprint density at radius 1 is 1.18 bits per heavy atom. The number of urea groups is 1.